The number of rotatable bonds is 7. The second-order valence-electron chi connectivity index (χ2n) is 7.90. The van der Waals surface area contributed by atoms with Crippen molar-refractivity contribution in [2.45, 2.75) is 38.5 Å². The van der Waals surface area contributed by atoms with E-state index in [9.17, 15) is 23.9 Å². The number of nitrogens with zero attached hydrogens (tertiary/aromatic N) is 6. The zero-order valence-corrected chi connectivity index (χ0v) is 19.6. The van der Waals surface area contributed by atoms with Crippen molar-refractivity contribution < 1.29 is 23.9 Å². The zero-order chi connectivity index (χ0) is 24.4. The van der Waals surface area contributed by atoms with E-state index in [1.807, 2.05) is 0 Å². The molecule has 1 fully saturated rings. The van der Waals surface area contributed by atoms with Crippen LogP contribution in [-0.4, -0.2) is 71.2 Å². The lowest BCUT2D eigenvalue weighted by atomic mass is 10.0. The predicted molar refractivity (Wildman–Crippen MR) is 121 cm³/mol. The summed E-state index contributed by atoms with van der Waals surface area (Å²) in [7, 11) is 0. The number of aromatic nitrogens is 5. The SMILES string of the molecule is Cc1ncc(-c2nn(CC(=O)N3C[C@H](F)C[C@H]3C(=O)Cc3cccc(Br)n3)cc2C(=O)O)cn1. The first-order chi connectivity index (χ1) is 16.2. The van der Waals surface area contributed by atoms with E-state index in [2.05, 4.69) is 36.0 Å². The number of carbonyl (C=O) groups excluding carboxylic acids is 2. The van der Waals surface area contributed by atoms with Gasteiger partial charge in [0.15, 0.2) is 5.78 Å². The Morgan fingerprint density at radius 1 is 1.24 bits per heavy atom. The highest BCUT2D eigenvalue weighted by Crippen LogP contribution is 2.24. The lowest BCUT2D eigenvalue weighted by molar-refractivity contribution is -0.138. The molecule has 1 N–H and O–H groups in total. The van der Waals surface area contributed by atoms with Crippen LogP contribution in [-0.2, 0) is 22.6 Å². The standard InChI is InChI=1S/C22H20BrFN6O4/c1-12-25-7-13(8-26-12)21-16(22(33)34)10-29(28-21)11-20(32)30-9-14(24)5-17(30)18(31)6-15-3-2-4-19(23)27-15/h2-4,7-8,10,14,17H,5-6,9,11H2,1H3,(H,33,34)/t14-,17+/m1/s1. The van der Waals surface area contributed by atoms with Crippen molar-refractivity contribution in [2.75, 3.05) is 6.54 Å². The highest BCUT2D eigenvalue weighted by molar-refractivity contribution is 9.10. The van der Waals surface area contributed by atoms with Gasteiger partial charge in [0.2, 0.25) is 5.91 Å². The van der Waals surface area contributed by atoms with Crippen LogP contribution in [0.5, 0.6) is 0 Å². The van der Waals surface area contributed by atoms with Gasteiger partial charge >= 0.3 is 5.97 Å². The lowest BCUT2D eigenvalue weighted by Crippen LogP contribution is -2.43. The van der Waals surface area contributed by atoms with Gasteiger partial charge in [-0.1, -0.05) is 6.07 Å². The molecular formula is C22H20BrFN6O4. The molecule has 1 aliphatic heterocycles. The maximum absolute atomic E-state index is 14.2. The van der Waals surface area contributed by atoms with Gasteiger partial charge in [0.25, 0.3) is 0 Å². The highest BCUT2D eigenvalue weighted by Gasteiger charge is 2.39. The van der Waals surface area contributed by atoms with Crippen molar-refractivity contribution in [1.82, 2.24) is 29.6 Å². The van der Waals surface area contributed by atoms with E-state index in [0.29, 0.717) is 21.7 Å². The minimum Gasteiger partial charge on any atom is -0.478 e. The second-order valence-corrected chi connectivity index (χ2v) is 8.72. The fourth-order valence-corrected chi connectivity index (χ4v) is 4.21. The summed E-state index contributed by atoms with van der Waals surface area (Å²) in [5.41, 5.74) is 0.878. The summed E-state index contributed by atoms with van der Waals surface area (Å²) >= 11 is 3.25. The molecule has 0 radical (unpaired) electrons. The Bertz CT molecular complexity index is 1250. The Morgan fingerprint density at radius 2 is 1.97 bits per heavy atom. The summed E-state index contributed by atoms with van der Waals surface area (Å²) in [5.74, 6) is -1.57. The fraction of sp³-hybridized carbons (Fsp3) is 0.318. The molecule has 0 unspecified atom stereocenters. The summed E-state index contributed by atoms with van der Waals surface area (Å²) < 4.78 is 16.0. The van der Waals surface area contributed by atoms with Crippen molar-refractivity contribution in [3.63, 3.8) is 0 Å². The number of amides is 1. The van der Waals surface area contributed by atoms with Crippen molar-refractivity contribution in [2.24, 2.45) is 0 Å². The minimum atomic E-state index is -1.33. The van der Waals surface area contributed by atoms with Crippen LogP contribution < -0.4 is 0 Å². The number of aromatic carboxylic acids is 1. The molecule has 3 aromatic heterocycles. The Hall–Kier alpha value is -3.54. The number of hydrogen-bond acceptors (Lipinski definition) is 7. The van der Waals surface area contributed by atoms with Crippen molar-refractivity contribution in [3.05, 3.63) is 58.5 Å². The van der Waals surface area contributed by atoms with E-state index in [4.69, 9.17) is 0 Å². The van der Waals surface area contributed by atoms with Crippen LogP contribution >= 0.6 is 15.9 Å². The van der Waals surface area contributed by atoms with Crippen molar-refractivity contribution in [3.8, 4) is 11.3 Å². The summed E-state index contributed by atoms with van der Waals surface area (Å²) in [6, 6.07) is 4.22. The van der Waals surface area contributed by atoms with Crippen molar-refractivity contribution in [1.29, 1.82) is 0 Å². The minimum absolute atomic E-state index is 0.0386. The van der Waals surface area contributed by atoms with Crippen LogP contribution in [0.4, 0.5) is 4.39 Å². The number of aryl methyl sites for hydroxylation is 1. The Balaban J connectivity index is 1.52. The Labute approximate surface area is 202 Å². The quantitative estimate of drug-likeness (QED) is 0.460. The first-order valence-corrected chi connectivity index (χ1v) is 11.2. The Kier molecular flexibility index (Phi) is 6.77. The van der Waals surface area contributed by atoms with Crippen LogP contribution in [0.25, 0.3) is 11.3 Å². The molecule has 2 atom stereocenters. The molecule has 176 valence electrons. The predicted octanol–water partition coefficient (Wildman–Crippen LogP) is 2.26. The third-order valence-corrected chi connectivity index (χ3v) is 5.86. The Morgan fingerprint density at radius 3 is 2.65 bits per heavy atom. The van der Waals surface area contributed by atoms with Gasteiger partial charge in [0.1, 0.15) is 34.4 Å². The number of carbonyl (C=O) groups is 3. The van der Waals surface area contributed by atoms with Gasteiger partial charge in [0, 0.05) is 36.3 Å². The van der Waals surface area contributed by atoms with Crippen LogP contribution in [0, 0.1) is 6.92 Å². The van der Waals surface area contributed by atoms with Gasteiger partial charge in [-0.05, 0) is 35.0 Å². The van der Waals surface area contributed by atoms with Gasteiger partial charge in [-0.2, -0.15) is 5.10 Å². The first kappa shape index (κ1) is 23.6. The number of hydrogen-bond donors (Lipinski definition) is 1. The molecule has 1 aliphatic rings. The van der Waals surface area contributed by atoms with E-state index in [-0.39, 0.29) is 43.0 Å². The van der Waals surface area contributed by atoms with Gasteiger partial charge in [-0.3, -0.25) is 14.3 Å². The third kappa shape index (κ3) is 5.16. The number of likely N-dealkylation sites (tertiary alicyclic amines) is 1. The van der Waals surface area contributed by atoms with Gasteiger partial charge in [-0.15, -0.1) is 0 Å². The number of halogens is 2. The molecule has 1 saturated heterocycles. The van der Waals surface area contributed by atoms with Crippen LogP contribution in [0.1, 0.15) is 28.3 Å². The van der Waals surface area contributed by atoms with E-state index >= 15 is 0 Å². The molecule has 3 aromatic rings. The summed E-state index contributed by atoms with van der Waals surface area (Å²) in [4.78, 5) is 51.1. The monoisotopic (exact) mass is 530 g/mol. The number of carboxylic acids is 1. The molecule has 0 spiro atoms. The van der Waals surface area contributed by atoms with Gasteiger partial charge in [0.05, 0.1) is 19.0 Å². The molecule has 12 heteroatoms. The number of pyridine rings is 1. The maximum Gasteiger partial charge on any atom is 0.339 e. The molecule has 0 saturated carbocycles. The van der Waals surface area contributed by atoms with E-state index in [0.717, 1.165) is 0 Å². The normalized spacial score (nSPS) is 17.7. The van der Waals surface area contributed by atoms with Crippen LogP contribution in [0.3, 0.4) is 0 Å². The fourth-order valence-electron chi connectivity index (χ4n) is 3.83. The second kappa shape index (κ2) is 9.75. The molecule has 4 heterocycles. The summed E-state index contributed by atoms with van der Waals surface area (Å²) in [6.45, 7) is 1.13. The first-order valence-electron chi connectivity index (χ1n) is 10.4. The molecule has 10 nitrogen and oxygen atoms in total. The van der Waals surface area contributed by atoms with Crippen LogP contribution in [0.2, 0.25) is 0 Å². The largest absolute Gasteiger partial charge is 0.478 e. The average molecular weight is 531 g/mol. The van der Waals surface area contributed by atoms with E-state index in [1.54, 1.807) is 25.1 Å². The zero-order valence-electron chi connectivity index (χ0n) is 18.1. The van der Waals surface area contributed by atoms with Crippen molar-refractivity contribution >= 4 is 33.6 Å². The molecule has 1 amide bonds. The van der Waals surface area contributed by atoms with Gasteiger partial charge < -0.3 is 10.0 Å². The highest BCUT2D eigenvalue weighted by atomic mass is 79.9. The van der Waals surface area contributed by atoms with E-state index in [1.165, 1.54) is 28.2 Å². The molecule has 0 aromatic carbocycles. The van der Waals surface area contributed by atoms with Crippen LogP contribution in [0.15, 0.2) is 41.4 Å². The molecule has 4 rings (SSSR count). The summed E-state index contributed by atoms with van der Waals surface area (Å²) in [5, 5.41) is 13.8. The number of alkyl halides is 1. The summed E-state index contributed by atoms with van der Waals surface area (Å²) in [6.07, 6.45) is 2.65. The molecular weight excluding hydrogens is 511 g/mol. The average Bonchev–Trinajstić information content (AvgIpc) is 3.38. The van der Waals surface area contributed by atoms with E-state index < -0.39 is 24.1 Å². The number of carboxylic acid groups (broad SMARTS) is 1. The topological polar surface area (TPSA) is 131 Å². The smallest absolute Gasteiger partial charge is 0.339 e. The lowest BCUT2D eigenvalue weighted by Gasteiger charge is -2.23. The third-order valence-electron chi connectivity index (χ3n) is 5.41. The molecule has 34 heavy (non-hydrogen) atoms. The number of ketones is 1. The molecule has 0 bridgehead atoms. The maximum atomic E-state index is 14.2. The number of Topliss-reactive ketones (excluding diaryl/α,β-unsaturated/α-hetero) is 1. The van der Waals surface area contributed by atoms with Gasteiger partial charge in [-0.25, -0.2) is 24.1 Å². The molecule has 0 aliphatic carbocycles.